The predicted molar refractivity (Wildman–Crippen MR) is 115 cm³/mol. The summed E-state index contributed by atoms with van der Waals surface area (Å²) in [6, 6.07) is 19.8. The van der Waals surface area contributed by atoms with E-state index in [0.29, 0.717) is 16.0 Å². The van der Waals surface area contributed by atoms with Crippen molar-refractivity contribution in [2.75, 3.05) is 0 Å². The molecule has 0 saturated heterocycles. The highest BCUT2D eigenvalue weighted by atomic mass is 32.2. The van der Waals surface area contributed by atoms with E-state index in [1.165, 1.54) is 24.0 Å². The number of hydrogen-bond acceptors (Lipinski definition) is 5. The van der Waals surface area contributed by atoms with Gasteiger partial charge in [-0.2, -0.15) is 5.10 Å². The van der Waals surface area contributed by atoms with Gasteiger partial charge in [0.2, 0.25) is 0 Å². The number of nitrogens with one attached hydrogen (secondary N) is 1. The van der Waals surface area contributed by atoms with Gasteiger partial charge in [-0.05, 0) is 44.2 Å². The van der Waals surface area contributed by atoms with Crippen molar-refractivity contribution in [1.82, 2.24) is 5.43 Å². The summed E-state index contributed by atoms with van der Waals surface area (Å²) in [7, 11) is 0. The van der Waals surface area contributed by atoms with Crippen LogP contribution in [0.15, 0.2) is 81.6 Å². The Kier molecular flexibility index (Phi) is 6.41. The summed E-state index contributed by atoms with van der Waals surface area (Å²) in [5.74, 6) is -0.342. The normalized spacial score (nSPS) is 10.8. The van der Waals surface area contributed by atoms with Crippen molar-refractivity contribution in [2.45, 2.75) is 23.6 Å². The average molecular weight is 405 g/mol. The van der Waals surface area contributed by atoms with E-state index in [1.807, 2.05) is 44.2 Å². The van der Waals surface area contributed by atoms with Crippen molar-refractivity contribution in [2.24, 2.45) is 5.10 Å². The molecule has 0 saturated carbocycles. The van der Waals surface area contributed by atoms with E-state index in [4.69, 9.17) is 0 Å². The fraction of sp³-hybridized carbons (Fsp3) is 0.0909. The van der Waals surface area contributed by atoms with Gasteiger partial charge in [0.15, 0.2) is 0 Å². The summed E-state index contributed by atoms with van der Waals surface area (Å²) in [4.78, 5) is 24.6. The Bertz CT molecular complexity index is 1080. The molecule has 0 atom stereocenters. The fourth-order valence-electron chi connectivity index (χ4n) is 2.59. The minimum atomic E-state index is -0.417. The number of amides is 1. The van der Waals surface area contributed by atoms with Gasteiger partial charge >= 0.3 is 0 Å². The van der Waals surface area contributed by atoms with Gasteiger partial charge in [-0.1, -0.05) is 53.2 Å². The highest BCUT2D eigenvalue weighted by Gasteiger charge is 2.15. The molecule has 3 aromatic carbocycles. The Labute approximate surface area is 172 Å². The smallest absolute Gasteiger partial charge is 0.267 e. The van der Waals surface area contributed by atoms with Crippen molar-refractivity contribution in [3.8, 4) is 0 Å². The third-order valence-corrected chi connectivity index (χ3v) is 5.16. The lowest BCUT2D eigenvalue weighted by atomic mass is 10.1. The highest BCUT2D eigenvalue weighted by molar-refractivity contribution is 7.99. The number of hydrogen-bond donors (Lipinski definition) is 1. The van der Waals surface area contributed by atoms with E-state index in [-0.39, 0.29) is 11.6 Å². The third kappa shape index (κ3) is 5.52. The summed E-state index contributed by atoms with van der Waals surface area (Å²) >= 11 is 1.33. The number of aryl methyl sites for hydroxylation is 2. The quantitative estimate of drug-likeness (QED) is 0.350. The summed E-state index contributed by atoms with van der Waals surface area (Å²) in [6.07, 6.45) is 1.39. The molecule has 0 aliphatic heterocycles. The molecule has 0 aromatic heterocycles. The van der Waals surface area contributed by atoms with Crippen molar-refractivity contribution < 1.29 is 9.72 Å². The molecule has 7 heteroatoms. The third-order valence-electron chi connectivity index (χ3n) is 4.09. The molecule has 0 aliphatic rings. The van der Waals surface area contributed by atoms with Crippen molar-refractivity contribution in [1.29, 1.82) is 0 Å². The molecular formula is C22H19N3O3S. The van der Waals surface area contributed by atoms with E-state index in [0.717, 1.165) is 16.0 Å². The van der Waals surface area contributed by atoms with Gasteiger partial charge in [0.1, 0.15) is 0 Å². The Morgan fingerprint density at radius 1 is 1.03 bits per heavy atom. The van der Waals surface area contributed by atoms with Gasteiger partial charge in [-0.3, -0.25) is 14.9 Å². The average Bonchev–Trinajstić information content (AvgIpc) is 2.70. The van der Waals surface area contributed by atoms with Crippen LogP contribution in [0.5, 0.6) is 0 Å². The molecule has 0 heterocycles. The molecule has 3 rings (SSSR count). The van der Waals surface area contributed by atoms with Crippen molar-refractivity contribution in [3.63, 3.8) is 0 Å². The SMILES string of the molecule is Cc1ccc(Sc2ccc(/C=N\NC(=O)c3cccc(C)c3)cc2[N+](=O)[O-])cc1. The first-order chi connectivity index (χ1) is 13.9. The summed E-state index contributed by atoms with van der Waals surface area (Å²) in [6.45, 7) is 3.89. The van der Waals surface area contributed by atoms with Gasteiger partial charge in [-0.15, -0.1) is 0 Å². The number of nitro benzene ring substituents is 1. The maximum Gasteiger partial charge on any atom is 0.283 e. The van der Waals surface area contributed by atoms with Gasteiger partial charge in [0.05, 0.1) is 16.0 Å². The lowest BCUT2D eigenvalue weighted by molar-refractivity contribution is -0.387. The summed E-state index contributed by atoms with van der Waals surface area (Å²) < 4.78 is 0. The van der Waals surface area contributed by atoms with Crippen molar-refractivity contribution >= 4 is 29.6 Å². The number of rotatable bonds is 6. The molecule has 1 N–H and O–H groups in total. The molecule has 0 unspecified atom stereocenters. The van der Waals surface area contributed by atoms with Gasteiger partial charge in [-0.25, -0.2) is 5.43 Å². The first-order valence-corrected chi connectivity index (χ1v) is 9.67. The Morgan fingerprint density at radius 3 is 2.48 bits per heavy atom. The standard InChI is InChI=1S/C22H19N3O3S/c1-15-6-9-19(10-7-15)29-21-11-8-17(13-20(21)25(27)28)14-23-24-22(26)18-5-3-4-16(2)12-18/h3-14H,1-2H3,(H,24,26)/b23-14-. The lowest BCUT2D eigenvalue weighted by Gasteiger charge is -2.05. The highest BCUT2D eigenvalue weighted by Crippen LogP contribution is 2.35. The number of carbonyl (C=O) groups excluding carboxylic acids is 1. The molecule has 6 nitrogen and oxygen atoms in total. The molecule has 0 radical (unpaired) electrons. The van der Waals surface area contributed by atoms with E-state index in [9.17, 15) is 14.9 Å². The van der Waals surface area contributed by atoms with E-state index in [2.05, 4.69) is 10.5 Å². The molecule has 0 spiro atoms. The van der Waals surface area contributed by atoms with Gasteiger partial charge in [0.25, 0.3) is 11.6 Å². The first-order valence-electron chi connectivity index (χ1n) is 8.85. The maximum absolute atomic E-state index is 12.1. The Balaban J connectivity index is 1.74. The number of nitro groups is 1. The van der Waals surface area contributed by atoms with E-state index < -0.39 is 4.92 Å². The molecule has 0 bridgehead atoms. The fourth-order valence-corrected chi connectivity index (χ4v) is 3.49. The van der Waals surface area contributed by atoms with Crippen LogP contribution in [0.25, 0.3) is 0 Å². The predicted octanol–water partition coefficient (Wildman–Crippen LogP) is 5.13. The number of carbonyl (C=O) groups is 1. The number of benzene rings is 3. The Morgan fingerprint density at radius 2 is 1.79 bits per heavy atom. The molecule has 146 valence electrons. The molecule has 3 aromatic rings. The number of hydrazone groups is 1. The van der Waals surface area contributed by atoms with Crippen LogP contribution in [0.2, 0.25) is 0 Å². The minimum Gasteiger partial charge on any atom is -0.267 e. The zero-order valence-electron chi connectivity index (χ0n) is 16.0. The topological polar surface area (TPSA) is 84.6 Å². The Hall–Kier alpha value is -3.45. The molecule has 0 fully saturated rings. The summed E-state index contributed by atoms with van der Waals surface area (Å²) in [5.41, 5.74) is 5.55. The van der Waals surface area contributed by atoms with E-state index >= 15 is 0 Å². The van der Waals surface area contributed by atoms with E-state index in [1.54, 1.807) is 30.3 Å². The van der Waals surface area contributed by atoms with Crippen LogP contribution in [0, 0.1) is 24.0 Å². The van der Waals surface area contributed by atoms with Crippen LogP contribution < -0.4 is 5.43 Å². The maximum atomic E-state index is 12.1. The molecular weight excluding hydrogens is 386 g/mol. The number of nitrogens with zero attached hydrogens (tertiary/aromatic N) is 2. The second-order valence-corrected chi connectivity index (χ2v) is 7.58. The summed E-state index contributed by atoms with van der Waals surface area (Å²) in [5, 5.41) is 15.4. The molecule has 1 amide bonds. The zero-order chi connectivity index (χ0) is 20.8. The van der Waals surface area contributed by atoms with Crippen molar-refractivity contribution in [3.05, 3.63) is 99.1 Å². The van der Waals surface area contributed by atoms with Crippen LogP contribution in [0.3, 0.4) is 0 Å². The second-order valence-electron chi connectivity index (χ2n) is 6.47. The van der Waals surface area contributed by atoms with Crippen LogP contribution in [0.1, 0.15) is 27.0 Å². The zero-order valence-corrected chi connectivity index (χ0v) is 16.8. The molecule has 29 heavy (non-hydrogen) atoms. The monoisotopic (exact) mass is 405 g/mol. The second kappa shape index (κ2) is 9.16. The van der Waals surface area contributed by atoms with Crippen LogP contribution in [0.4, 0.5) is 5.69 Å². The van der Waals surface area contributed by atoms with Crippen LogP contribution in [-0.4, -0.2) is 17.0 Å². The minimum absolute atomic E-state index is 0.00969. The lowest BCUT2D eigenvalue weighted by Crippen LogP contribution is -2.17. The van der Waals surface area contributed by atoms with Gasteiger partial charge in [0, 0.05) is 22.1 Å². The molecule has 0 aliphatic carbocycles. The van der Waals surface area contributed by atoms with Crippen LogP contribution in [-0.2, 0) is 0 Å². The van der Waals surface area contributed by atoms with Gasteiger partial charge < -0.3 is 0 Å². The largest absolute Gasteiger partial charge is 0.283 e. The van der Waals surface area contributed by atoms with Crippen LogP contribution >= 0.6 is 11.8 Å². The first kappa shape index (κ1) is 20.3.